The Balaban J connectivity index is 1.90. The van der Waals surface area contributed by atoms with Crippen LogP contribution in [0.15, 0.2) is 30.3 Å². The zero-order valence-electron chi connectivity index (χ0n) is 12.0. The van der Waals surface area contributed by atoms with Crippen molar-refractivity contribution in [2.75, 3.05) is 26.3 Å². The molecule has 0 saturated heterocycles. The third kappa shape index (κ3) is 9.45. The highest BCUT2D eigenvalue weighted by molar-refractivity contribution is 5.74. The fraction of sp³-hybridized carbons (Fsp3) is 0.467. The van der Waals surface area contributed by atoms with E-state index < -0.39 is 5.97 Å². The first kappa shape index (κ1) is 17.0. The van der Waals surface area contributed by atoms with Crippen molar-refractivity contribution in [1.82, 2.24) is 10.6 Å². The van der Waals surface area contributed by atoms with Crippen LogP contribution in [0.25, 0.3) is 0 Å². The van der Waals surface area contributed by atoms with Crippen molar-refractivity contribution in [2.45, 2.75) is 19.3 Å². The average molecular weight is 294 g/mol. The van der Waals surface area contributed by atoms with Crippen LogP contribution < -0.4 is 10.6 Å². The summed E-state index contributed by atoms with van der Waals surface area (Å²) < 4.78 is 5.48. The number of carboxylic acids is 1. The predicted octanol–water partition coefficient (Wildman–Crippen LogP) is 1.41. The summed E-state index contributed by atoms with van der Waals surface area (Å²) in [5.74, 6) is -0.929. The molecule has 3 N–H and O–H groups in total. The number of carbonyl (C=O) groups is 2. The third-order valence-electron chi connectivity index (χ3n) is 2.75. The molecular weight excluding hydrogens is 272 g/mol. The minimum Gasteiger partial charge on any atom is -0.481 e. The van der Waals surface area contributed by atoms with Crippen LogP contribution in [0.5, 0.6) is 0 Å². The number of rotatable bonds is 10. The van der Waals surface area contributed by atoms with Gasteiger partial charge in [0, 0.05) is 19.7 Å². The largest absolute Gasteiger partial charge is 0.481 e. The molecule has 0 aliphatic heterocycles. The number of carboxylic acid groups (broad SMARTS) is 1. The van der Waals surface area contributed by atoms with E-state index >= 15 is 0 Å². The molecule has 0 aliphatic carbocycles. The lowest BCUT2D eigenvalue weighted by Crippen LogP contribution is -2.37. The second-order valence-electron chi connectivity index (χ2n) is 4.53. The number of aliphatic carboxylic acids is 1. The fourth-order valence-corrected chi connectivity index (χ4v) is 1.66. The van der Waals surface area contributed by atoms with Gasteiger partial charge >= 0.3 is 12.0 Å². The first-order valence-corrected chi connectivity index (χ1v) is 7.03. The molecule has 1 rings (SSSR count). The average Bonchev–Trinajstić information content (AvgIpc) is 2.47. The second kappa shape index (κ2) is 10.7. The molecule has 0 heterocycles. The highest BCUT2D eigenvalue weighted by Crippen LogP contribution is 1.99. The van der Waals surface area contributed by atoms with Gasteiger partial charge in [0.15, 0.2) is 0 Å². The van der Waals surface area contributed by atoms with Crippen molar-refractivity contribution < 1.29 is 19.4 Å². The topological polar surface area (TPSA) is 87.7 Å². The Bertz CT molecular complexity index is 423. The predicted molar refractivity (Wildman–Crippen MR) is 79.2 cm³/mol. The molecule has 0 unspecified atom stereocenters. The Kier molecular flexibility index (Phi) is 8.63. The Labute approximate surface area is 124 Å². The minimum atomic E-state index is -0.929. The zero-order chi connectivity index (χ0) is 15.3. The van der Waals surface area contributed by atoms with E-state index in [0.717, 1.165) is 12.8 Å². The molecule has 6 heteroatoms. The fourth-order valence-electron chi connectivity index (χ4n) is 1.66. The molecule has 0 bridgehead atoms. The number of ether oxygens (including phenoxy) is 1. The summed E-state index contributed by atoms with van der Waals surface area (Å²) in [6, 6.07) is 9.77. The van der Waals surface area contributed by atoms with Crippen LogP contribution >= 0.6 is 0 Å². The van der Waals surface area contributed by atoms with Crippen LogP contribution in [0, 0.1) is 0 Å². The maximum Gasteiger partial charge on any atom is 0.314 e. The van der Waals surface area contributed by atoms with Crippen LogP contribution in [0.2, 0.25) is 0 Å². The summed E-state index contributed by atoms with van der Waals surface area (Å²) in [5, 5.41) is 13.5. The van der Waals surface area contributed by atoms with Crippen LogP contribution in [0.1, 0.15) is 18.4 Å². The molecule has 0 fully saturated rings. The van der Waals surface area contributed by atoms with E-state index in [1.54, 1.807) is 0 Å². The number of nitrogens with one attached hydrogen (secondary N) is 2. The summed E-state index contributed by atoms with van der Waals surface area (Å²) in [4.78, 5) is 21.5. The summed E-state index contributed by atoms with van der Waals surface area (Å²) >= 11 is 0. The molecule has 0 saturated carbocycles. The quantitative estimate of drug-likeness (QED) is 0.569. The summed E-state index contributed by atoms with van der Waals surface area (Å²) in [6.07, 6.45) is 1.53. The molecular formula is C15H22N2O4. The third-order valence-corrected chi connectivity index (χ3v) is 2.75. The van der Waals surface area contributed by atoms with Crippen molar-refractivity contribution in [3.63, 3.8) is 0 Å². The van der Waals surface area contributed by atoms with Gasteiger partial charge in [0.1, 0.15) is 0 Å². The van der Waals surface area contributed by atoms with E-state index in [9.17, 15) is 9.59 Å². The van der Waals surface area contributed by atoms with Crippen molar-refractivity contribution >= 4 is 12.0 Å². The summed E-state index contributed by atoms with van der Waals surface area (Å²) in [6.45, 7) is 1.88. The van der Waals surface area contributed by atoms with Crippen molar-refractivity contribution in [3.05, 3.63) is 35.9 Å². The number of hydrogen-bond acceptors (Lipinski definition) is 3. The molecule has 0 aliphatic rings. The first-order valence-electron chi connectivity index (χ1n) is 7.03. The number of urea groups is 1. The number of hydrogen-bond donors (Lipinski definition) is 3. The Hall–Kier alpha value is -2.08. The van der Waals surface area contributed by atoms with E-state index in [2.05, 4.69) is 22.8 Å². The molecule has 21 heavy (non-hydrogen) atoms. The van der Waals surface area contributed by atoms with E-state index in [4.69, 9.17) is 9.84 Å². The van der Waals surface area contributed by atoms with Gasteiger partial charge in [0.25, 0.3) is 0 Å². The standard InChI is InChI=1S/C15H22N2O4/c18-14(19)7-10-17-15(20)16-9-4-11-21-12-8-13-5-2-1-3-6-13/h1-3,5-6H,4,7-12H2,(H,18,19)(H2,16,17,20). The number of benzene rings is 1. The lowest BCUT2D eigenvalue weighted by atomic mass is 10.2. The van der Waals surface area contributed by atoms with Crippen LogP contribution in [-0.2, 0) is 16.0 Å². The van der Waals surface area contributed by atoms with Gasteiger partial charge in [-0.3, -0.25) is 4.79 Å². The van der Waals surface area contributed by atoms with Gasteiger partial charge in [-0.1, -0.05) is 30.3 Å². The Morgan fingerprint density at radius 3 is 2.48 bits per heavy atom. The number of amides is 2. The Morgan fingerprint density at radius 2 is 1.76 bits per heavy atom. The van der Waals surface area contributed by atoms with Gasteiger partial charge in [0.05, 0.1) is 13.0 Å². The van der Waals surface area contributed by atoms with Gasteiger partial charge < -0.3 is 20.5 Å². The van der Waals surface area contributed by atoms with E-state index in [0.29, 0.717) is 19.8 Å². The monoisotopic (exact) mass is 294 g/mol. The number of carbonyl (C=O) groups excluding carboxylic acids is 1. The molecule has 0 aromatic heterocycles. The van der Waals surface area contributed by atoms with Gasteiger partial charge in [-0.2, -0.15) is 0 Å². The highest BCUT2D eigenvalue weighted by Gasteiger charge is 2.01. The van der Waals surface area contributed by atoms with E-state index in [1.807, 2.05) is 18.2 Å². The molecule has 2 amide bonds. The maximum absolute atomic E-state index is 11.2. The van der Waals surface area contributed by atoms with Crippen molar-refractivity contribution in [2.24, 2.45) is 0 Å². The highest BCUT2D eigenvalue weighted by atomic mass is 16.5. The second-order valence-corrected chi connectivity index (χ2v) is 4.53. The summed E-state index contributed by atoms with van der Waals surface area (Å²) in [5.41, 5.74) is 1.24. The van der Waals surface area contributed by atoms with Gasteiger partial charge in [-0.25, -0.2) is 4.79 Å². The van der Waals surface area contributed by atoms with Crippen LogP contribution in [0.4, 0.5) is 4.79 Å². The van der Waals surface area contributed by atoms with E-state index in [-0.39, 0.29) is 19.0 Å². The van der Waals surface area contributed by atoms with E-state index in [1.165, 1.54) is 5.56 Å². The lowest BCUT2D eigenvalue weighted by molar-refractivity contribution is -0.136. The molecule has 1 aromatic carbocycles. The maximum atomic E-state index is 11.2. The molecule has 1 aromatic rings. The first-order chi connectivity index (χ1) is 10.2. The zero-order valence-corrected chi connectivity index (χ0v) is 12.0. The van der Waals surface area contributed by atoms with Crippen LogP contribution in [0.3, 0.4) is 0 Å². The van der Waals surface area contributed by atoms with Gasteiger partial charge in [0.2, 0.25) is 0 Å². The van der Waals surface area contributed by atoms with Gasteiger partial charge in [-0.15, -0.1) is 0 Å². The minimum absolute atomic E-state index is 0.0734. The molecule has 6 nitrogen and oxygen atoms in total. The molecule has 0 spiro atoms. The SMILES string of the molecule is O=C(O)CCNC(=O)NCCCOCCc1ccccc1. The molecule has 0 radical (unpaired) electrons. The Morgan fingerprint density at radius 1 is 1.05 bits per heavy atom. The van der Waals surface area contributed by atoms with Gasteiger partial charge in [-0.05, 0) is 18.4 Å². The molecule has 116 valence electrons. The summed E-state index contributed by atoms with van der Waals surface area (Å²) in [7, 11) is 0. The smallest absolute Gasteiger partial charge is 0.314 e. The van der Waals surface area contributed by atoms with Crippen molar-refractivity contribution in [3.8, 4) is 0 Å². The van der Waals surface area contributed by atoms with Crippen molar-refractivity contribution in [1.29, 1.82) is 0 Å². The normalized spacial score (nSPS) is 10.1. The van der Waals surface area contributed by atoms with Crippen LogP contribution in [-0.4, -0.2) is 43.4 Å². The molecule has 0 atom stereocenters. The lowest BCUT2D eigenvalue weighted by Gasteiger charge is -2.07.